The molecule has 0 fully saturated rings. The highest BCUT2D eigenvalue weighted by Gasteiger charge is 2.49. The van der Waals surface area contributed by atoms with E-state index < -0.39 is 8.32 Å². The fourth-order valence-electron chi connectivity index (χ4n) is 3.35. The minimum Gasteiger partial charge on any atom is -0.407 e. The second-order valence-electron chi connectivity index (χ2n) is 7.28. The molecule has 0 bridgehead atoms. The van der Waals surface area contributed by atoms with Gasteiger partial charge in [-0.3, -0.25) is 0 Å². The third-order valence-electron chi connectivity index (χ3n) is 4.48. The van der Waals surface area contributed by atoms with Crippen LogP contribution in [0.2, 0.25) is 5.04 Å². The first kappa shape index (κ1) is 19.6. The Morgan fingerprint density at radius 2 is 1.32 bits per heavy atom. The smallest absolute Gasteiger partial charge is 0.261 e. The molecule has 0 saturated carbocycles. The zero-order valence-corrected chi connectivity index (χ0v) is 16.6. The van der Waals surface area contributed by atoms with Crippen LogP contribution in [0, 0.1) is 0 Å². The molecule has 2 nitrogen and oxygen atoms in total. The first-order chi connectivity index (χ1) is 12.0. The van der Waals surface area contributed by atoms with E-state index in [2.05, 4.69) is 87.5 Å². The standard InChI is InChI=1S/C22H30O2Si/c1-22(2,3)25(20-14-8-6-9-15-20,21-16-10-7-11-17-21)24-19-13-5-4-12-18-23/h4-11,14-17,23H,12-13,18-19H2,1-3H3/b5-4-. The van der Waals surface area contributed by atoms with Gasteiger partial charge in [0.2, 0.25) is 0 Å². The molecule has 2 aromatic rings. The molecular weight excluding hydrogens is 324 g/mol. The summed E-state index contributed by atoms with van der Waals surface area (Å²) in [6.07, 6.45) is 5.70. The minimum absolute atomic E-state index is 0.0184. The van der Waals surface area contributed by atoms with Crippen LogP contribution in [-0.2, 0) is 4.43 Å². The quantitative estimate of drug-likeness (QED) is 0.443. The summed E-state index contributed by atoms with van der Waals surface area (Å²) in [5.74, 6) is 0. The molecule has 2 rings (SSSR count). The molecule has 0 unspecified atom stereocenters. The van der Waals surface area contributed by atoms with Gasteiger partial charge in [0.25, 0.3) is 8.32 Å². The molecule has 134 valence electrons. The second-order valence-corrected chi connectivity index (χ2v) is 11.6. The summed E-state index contributed by atoms with van der Waals surface area (Å²) >= 11 is 0. The zero-order valence-electron chi connectivity index (χ0n) is 15.6. The van der Waals surface area contributed by atoms with E-state index in [1.54, 1.807) is 0 Å². The lowest BCUT2D eigenvalue weighted by Crippen LogP contribution is -2.66. The van der Waals surface area contributed by atoms with E-state index in [9.17, 15) is 0 Å². The van der Waals surface area contributed by atoms with Crippen LogP contribution in [-0.4, -0.2) is 26.6 Å². The first-order valence-electron chi connectivity index (χ1n) is 9.03. The Balaban J connectivity index is 2.39. The summed E-state index contributed by atoms with van der Waals surface area (Å²) in [5, 5.41) is 11.5. The minimum atomic E-state index is -2.40. The van der Waals surface area contributed by atoms with Crippen molar-refractivity contribution in [1.29, 1.82) is 0 Å². The number of aliphatic hydroxyl groups excluding tert-OH is 1. The fourth-order valence-corrected chi connectivity index (χ4v) is 7.93. The van der Waals surface area contributed by atoms with E-state index >= 15 is 0 Å². The van der Waals surface area contributed by atoms with Crippen LogP contribution in [0.25, 0.3) is 0 Å². The van der Waals surface area contributed by atoms with Gasteiger partial charge in [0, 0.05) is 13.2 Å². The lowest BCUT2D eigenvalue weighted by Gasteiger charge is -2.43. The monoisotopic (exact) mass is 354 g/mol. The molecule has 0 atom stereocenters. The van der Waals surface area contributed by atoms with Crippen molar-refractivity contribution in [3.8, 4) is 0 Å². The van der Waals surface area contributed by atoms with Gasteiger partial charge in [0.1, 0.15) is 0 Å². The summed E-state index contributed by atoms with van der Waals surface area (Å²) < 4.78 is 6.77. The van der Waals surface area contributed by atoms with Crippen molar-refractivity contribution >= 4 is 18.7 Å². The van der Waals surface area contributed by atoms with Crippen LogP contribution in [0.1, 0.15) is 33.6 Å². The van der Waals surface area contributed by atoms with Gasteiger partial charge in [-0.2, -0.15) is 0 Å². The molecule has 0 saturated heterocycles. The summed E-state index contributed by atoms with van der Waals surface area (Å²) in [7, 11) is -2.40. The lowest BCUT2D eigenvalue weighted by atomic mass is 10.2. The summed E-state index contributed by atoms with van der Waals surface area (Å²) in [5.41, 5.74) is 0. The van der Waals surface area contributed by atoms with Crippen LogP contribution < -0.4 is 10.4 Å². The maximum absolute atomic E-state index is 8.88. The van der Waals surface area contributed by atoms with E-state index in [1.165, 1.54) is 10.4 Å². The SMILES string of the molecule is CC(C)(C)[Si](OCC/C=C\CCO)(c1ccccc1)c1ccccc1. The molecule has 0 aliphatic carbocycles. The van der Waals surface area contributed by atoms with E-state index in [0.717, 1.165) is 6.42 Å². The van der Waals surface area contributed by atoms with Crippen LogP contribution in [0.15, 0.2) is 72.8 Å². The number of hydrogen-bond donors (Lipinski definition) is 1. The van der Waals surface area contributed by atoms with Gasteiger partial charge in [-0.1, -0.05) is 93.6 Å². The third kappa shape index (κ3) is 4.69. The summed E-state index contributed by atoms with van der Waals surface area (Å²) in [6, 6.07) is 21.4. The van der Waals surface area contributed by atoms with E-state index in [0.29, 0.717) is 13.0 Å². The largest absolute Gasteiger partial charge is 0.407 e. The molecule has 0 spiro atoms. The van der Waals surface area contributed by atoms with E-state index in [-0.39, 0.29) is 11.6 Å². The van der Waals surface area contributed by atoms with Crippen LogP contribution in [0.5, 0.6) is 0 Å². The van der Waals surface area contributed by atoms with Crippen LogP contribution in [0.4, 0.5) is 0 Å². The number of benzene rings is 2. The predicted octanol–water partition coefficient (Wildman–Crippen LogP) is 3.89. The summed E-state index contributed by atoms with van der Waals surface area (Å²) in [4.78, 5) is 0. The van der Waals surface area contributed by atoms with Crippen molar-refractivity contribution in [2.75, 3.05) is 13.2 Å². The van der Waals surface area contributed by atoms with Crippen molar-refractivity contribution < 1.29 is 9.53 Å². The fraction of sp³-hybridized carbons (Fsp3) is 0.364. The molecule has 25 heavy (non-hydrogen) atoms. The Bertz CT molecular complexity index is 605. The molecule has 0 aromatic heterocycles. The third-order valence-corrected chi connectivity index (χ3v) is 9.52. The Hall–Kier alpha value is -1.68. The molecule has 3 heteroatoms. The van der Waals surface area contributed by atoms with Gasteiger partial charge >= 0.3 is 0 Å². The molecule has 0 aliphatic rings. The molecule has 2 aromatic carbocycles. The maximum atomic E-state index is 8.88. The summed E-state index contributed by atoms with van der Waals surface area (Å²) in [6.45, 7) is 7.77. The Morgan fingerprint density at radius 3 is 1.76 bits per heavy atom. The molecular formula is C22H30O2Si. The van der Waals surface area contributed by atoms with Crippen molar-refractivity contribution in [3.05, 3.63) is 72.8 Å². The van der Waals surface area contributed by atoms with Crippen LogP contribution in [0.3, 0.4) is 0 Å². The first-order valence-corrected chi connectivity index (χ1v) is 10.9. The molecule has 0 aliphatic heterocycles. The number of aliphatic hydroxyl groups is 1. The van der Waals surface area contributed by atoms with Gasteiger partial charge in [-0.15, -0.1) is 0 Å². The number of rotatable bonds is 8. The van der Waals surface area contributed by atoms with Gasteiger partial charge in [-0.05, 0) is 28.3 Å². The molecule has 0 heterocycles. The Morgan fingerprint density at radius 1 is 0.840 bits per heavy atom. The predicted molar refractivity (Wildman–Crippen MR) is 109 cm³/mol. The van der Waals surface area contributed by atoms with Crippen LogP contribution >= 0.6 is 0 Å². The topological polar surface area (TPSA) is 29.5 Å². The van der Waals surface area contributed by atoms with Crippen molar-refractivity contribution in [2.45, 2.75) is 38.7 Å². The average Bonchev–Trinajstić information content (AvgIpc) is 2.62. The maximum Gasteiger partial charge on any atom is 0.261 e. The van der Waals surface area contributed by atoms with Crippen molar-refractivity contribution in [1.82, 2.24) is 0 Å². The number of hydrogen-bond acceptors (Lipinski definition) is 2. The average molecular weight is 355 g/mol. The lowest BCUT2D eigenvalue weighted by molar-refractivity contribution is 0.299. The Kier molecular flexibility index (Phi) is 7.18. The van der Waals surface area contributed by atoms with Gasteiger partial charge in [0.15, 0.2) is 0 Å². The van der Waals surface area contributed by atoms with Crippen molar-refractivity contribution in [2.24, 2.45) is 0 Å². The second kappa shape index (κ2) is 9.14. The Labute approximate surface area is 153 Å². The highest BCUT2D eigenvalue weighted by molar-refractivity contribution is 6.99. The van der Waals surface area contributed by atoms with Gasteiger partial charge < -0.3 is 9.53 Å². The van der Waals surface area contributed by atoms with Gasteiger partial charge in [-0.25, -0.2) is 0 Å². The van der Waals surface area contributed by atoms with Gasteiger partial charge in [0.05, 0.1) is 0 Å². The highest BCUT2D eigenvalue weighted by Crippen LogP contribution is 2.36. The van der Waals surface area contributed by atoms with Crippen molar-refractivity contribution in [3.63, 3.8) is 0 Å². The normalized spacial score (nSPS) is 12.6. The molecule has 0 radical (unpaired) electrons. The highest BCUT2D eigenvalue weighted by atomic mass is 28.4. The molecule has 1 N–H and O–H groups in total. The van der Waals surface area contributed by atoms with E-state index in [4.69, 9.17) is 9.53 Å². The van der Waals surface area contributed by atoms with E-state index in [1.807, 2.05) is 6.08 Å². The zero-order chi connectivity index (χ0) is 18.2. The molecule has 0 amide bonds.